The number of rotatable bonds is 8. The molecule has 0 saturated heterocycles. The molecule has 2 aromatic heterocycles. The molecule has 0 unspecified atom stereocenters. The summed E-state index contributed by atoms with van der Waals surface area (Å²) in [5.74, 6) is 1.77. The minimum atomic E-state index is -0.0905. The number of carbonyl (C=O) groups excluding carboxylic acids is 1. The highest BCUT2D eigenvalue weighted by Crippen LogP contribution is 2.36. The number of aromatic nitrogens is 3. The molecule has 0 fully saturated rings. The molecule has 8 heteroatoms. The fraction of sp³-hybridized carbons (Fsp3) is 0.409. The molecule has 30 heavy (non-hydrogen) atoms. The third kappa shape index (κ3) is 4.39. The van der Waals surface area contributed by atoms with Crippen LogP contribution in [0.15, 0.2) is 34.8 Å². The number of amides is 1. The summed E-state index contributed by atoms with van der Waals surface area (Å²) in [5, 5.41) is 14.8. The van der Waals surface area contributed by atoms with E-state index in [0.717, 1.165) is 23.9 Å². The van der Waals surface area contributed by atoms with E-state index in [-0.39, 0.29) is 11.7 Å². The second kappa shape index (κ2) is 9.66. The standard InChI is InChI=1S/C22H26N4O2S2/c1-3-26-21(16-13-29-19-12-8-5-9-15(16)19)24-25-22(26)30-14-20(27)23-17-10-6-7-11-18(17)28-4-2/h6-7,10-11,13H,3-5,8-9,12,14H2,1-2H3,(H,23,27). The first-order valence-electron chi connectivity index (χ1n) is 10.4. The molecule has 0 spiro atoms. The Bertz CT molecular complexity index is 1030. The second-order valence-electron chi connectivity index (χ2n) is 7.07. The van der Waals surface area contributed by atoms with E-state index in [2.05, 4.69) is 32.4 Å². The van der Waals surface area contributed by atoms with Crippen LogP contribution in [0.1, 0.15) is 37.1 Å². The highest BCUT2D eigenvalue weighted by molar-refractivity contribution is 7.99. The molecule has 2 heterocycles. The van der Waals surface area contributed by atoms with E-state index in [0.29, 0.717) is 18.0 Å². The third-order valence-corrected chi connectivity index (χ3v) is 7.18. The quantitative estimate of drug-likeness (QED) is 0.495. The average Bonchev–Trinajstić information content (AvgIpc) is 3.37. The Kier molecular flexibility index (Phi) is 6.74. The van der Waals surface area contributed by atoms with Gasteiger partial charge in [-0.1, -0.05) is 23.9 Å². The predicted octanol–water partition coefficient (Wildman–Crippen LogP) is 5.03. The van der Waals surface area contributed by atoms with Gasteiger partial charge in [-0.15, -0.1) is 21.5 Å². The normalized spacial score (nSPS) is 13.1. The van der Waals surface area contributed by atoms with Crippen molar-refractivity contribution >= 4 is 34.7 Å². The van der Waals surface area contributed by atoms with Crippen LogP contribution in [0.4, 0.5) is 5.69 Å². The Morgan fingerprint density at radius 3 is 2.90 bits per heavy atom. The zero-order valence-corrected chi connectivity index (χ0v) is 18.9. The molecule has 1 amide bonds. The van der Waals surface area contributed by atoms with Gasteiger partial charge in [0.2, 0.25) is 5.91 Å². The van der Waals surface area contributed by atoms with Gasteiger partial charge in [0, 0.05) is 22.4 Å². The van der Waals surface area contributed by atoms with Crippen LogP contribution in [-0.2, 0) is 24.2 Å². The molecule has 0 atom stereocenters. The van der Waals surface area contributed by atoms with E-state index in [9.17, 15) is 4.79 Å². The maximum absolute atomic E-state index is 12.5. The van der Waals surface area contributed by atoms with Crippen LogP contribution in [-0.4, -0.2) is 33.0 Å². The number of thioether (sulfide) groups is 1. The van der Waals surface area contributed by atoms with Gasteiger partial charge in [0.15, 0.2) is 11.0 Å². The molecular weight excluding hydrogens is 416 g/mol. The Morgan fingerprint density at radius 1 is 1.23 bits per heavy atom. The molecule has 0 aliphatic heterocycles. The number of thiophene rings is 1. The molecule has 0 radical (unpaired) electrons. The Morgan fingerprint density at radius 2 is 2.07 bits per heavy atom. The molecule has 0 bridgehead atoms. The van der Waals surface area contributed by atoms with Crippen LogP contribution < -0.4 is 10.1 Å². The van der Waals surface area contributed by atoms with Crippen molar-refractivity contribution in [2.24, 2.45) is 0 Å². The fourth-order valence-corrected chi connectivity index (χ4v) is 5.66. The molecule has 158 valence electrons. The topological polar surface area (TPSA) is 69.0 Å². The number of nitrogens with one attached hydrogen (secondary N) is 1. The van der Waals surface area contributed by atoms with Crippen molar-refractivity contribution < 1.29 is 9.53 Å². The monoisotopic (exact) mass is 442 g/mol. The third-order valence-electron chi connectivity index (χ3n) is 5.13. The van der Waals surface area contributed by atoms with E-state index in [4.69, 9.17) is 4.74 Å². The van der Waals surface area contributed by atoms with Crippen LogP contribution in [0.5, 0.6) is 5.75 Å². The summed E-state index contributed by atoms with van der Waals surface area (Å²) >= 11 is 3.25. The lowest BCUT2D eigenvalue weighted by Gasteiger charge is -2.13. The van der Waals surface area contributed by atoms with E-state index in [1.807, 2.05) is 42.5 Å². The zero-order chi connectivity index (χ0) is 20.9. The largest absolute Gasteiger partial charge is 0.492 e. The molecular formula is C22H26N4O2S2. The second-order valence-corrected chi connectivity index (χ2v) is 8.98. The van der Waals surface area contributed by atoms with Crippen molar-refractivity contribution in [3.8, 4) is 17.1 Å². The Labute approximate surface area is 185 Å². The van der Waals surface area contributed by atoms with Crippen molar-refractivity contribution in [2.75, 3.05) is 17.7 Å². The van der Waals surface area contributed by atoms with E-state index in [1.54, 1.807) is 0 Å². The highest BCUT2D eigenvalue weighted by Gasteiger charge is 2.22. The van der Waals surface area contributed by atoms with Gasteiger partial charge in [0.05, 0.1) is 18.0 Å². The molecule has 6 nitrogen and oxygen atoms in total. The highest BCUT2D eigenvalue weighted by atomic mass is 32.2. The summed E-state index contributed by atoms with van der Waals surface area (Å²) in [4.78, 5) is 14.0. The van der Waals surface area contributed by atoms with Gasteiger partial charge < -0.3 is 14.6 Å². The van der Waals surface area contributed by atoms with Gasteiger partial charge >= 0.3 is 0 Å². The Hall–Kier alpha value is -2.32. The van der Waals surface area contributed by atoms with Crippen molar-refractivity contribution in [2.45, 2.75) is 51.2 Å². The van der Waals surface area contributed by atoms with Gasteiger partial charge in [-0.05, 0) is 57.2 Å². The molecule has 1 N–H and O–H groups in total. The first-order chi connectivity index (χ1) is 14.7. The lowest BCUT2D eigenvalue weighted by Crippen LogP contribution is -2.15. The number of hydrogen-bond donors (Lipinski definition) is 1. The van der Waals surface area contributed by atoms with Crippen LogP contribution in [0.25, 0.3) is 11.4 Å². The summed E-state index contributed by atoms with van der Waals surface area (Å²) in [7, 11) is 0. The summed E-state index contributed by atoms with van der Waals surface area (Å²) in [5.41, 5.74) is 3.34. The first-order valence-corrected chi connectivity index (χ1v) is 12.2. The van der Waals surface area contributed by atoms with E-state index < -0.39 is 0 Å². The SMILES string of the molecule is CCOc1ccccc1NC(=O)CSc1nnc(-c2csc3c2CCCC3)n1CC. The van der Waals surface area contributed by atoms with Gasteiger partial charge in [0.1, 0.15) is 5.75 Å². The number of aryl methyl sites for hydroxylation is 1. The zero-order valence-electron chi connectivity index (χ0n) is 17.3. The minimum absolute atomic E-state index is 0.0905. The fourth-order valence-electron chi connectivity index (χ4n) is 3.73. The maximum Gasteiger partial charge on any atom is 0.234 e. The van der Waals surface area contributed by atoms with E-state index in [1.165, 1.54) is 47.0 Å². The number of fused-ring (bicyclic) bond motifs is 1. The first kappa shape index (κ1) is 20.9. The van der Waals surface area contributed by atoms with Crippen LogP contribution in [0, 0.1) is 0 Å². The number of ether oxygens (including phenoxy) is 1. The average molecular weight is 443 g/mol. The number of anilines is 1. The number of para-hydroxylation sites is 2. The maximum atomic E-state index is 12.5. The summed E-state index contributed by atoms with van der Waals surface area (Å²) in [6, 6.07) is 7.48. The minimum Gasteiger partial charge on any atom is -0.492 e. The van der Waals surface area contributed by atoms with E-state index >= 15 is 0 Å². The molecule has 4 rings (SSSR count). The van der Waals surface area contributed by atoms with Crippen LogP contribution in [0.2, 0.25) is 0 Å². The Balaban J connectivity index is 1.46. The van der Waals surface area contributed by atoms with Gasteiger partial charge in [0.25, 0.3) is 0 Å². The van der Waals surface area contributed by atoms with Gasteiger partial charge in [-0.2, -0.15) is 0 Å². The van der Waals surface area contributed by atoms with Crippen molar-refractivity contribution in [3.63, 3.8) is 0 Å². The summed E-state index contributed by atoms with van der Waals surface area (Å²) in [6.45, 7) is 5.34. The number of hydrogen-bond acceptors (Lipinski definition) is 6. The number of benzene rings is 1. The van der Waals surface area contributed by atoms with Crippen molar-refractivity contribution in [3.05, 3.63) is 40.1 Å². The predicted molar refractivity (Wildman–Crippen MR) is 123 cm³/mol. The van der Waals surface area contributed by atoms with Crippen LogP contribution in [0.3, 0.4) is 0 Å². The molecule has 1 aliphatic rings. The van der Waals surface area contributed by atoms with Crippen LogP contribution >= 0.6 is 23.1 Å². The van der Waals surface area contributed by atoms with Gasteiger partial charge in [-0.25, -0.2) is 0 Å². The lowest BCUT2D eigenvalue weighted by molar-refractivity contribution is -0.113. The summed E-state index contributed by atoms with van der Waals surface area (Å²) in [6.07, 6.45) is 4.80. The molecule has 3 aromatic rings. The smallest absolute Gasteiger partial charge is 0.234 e. The summed E-state index contributed by atoms with van der Waals surface area (Å²) < 4.78 is 7.69. The van der Waals surface area contributed by atoms with Crippen molar-refractivity contribution in [1.82, 2.24) is 14.8 Å². The lowest BCUT2D eigenvalue weighted by atomic mass is 9.96. The van der Waals surface area contributed by atoms with Crippen molar-refractivity contribution in [1.29, 1.82) is 0 Å². The molecule has 1 aliphatic carbocycles. The molecule has 0 saturated carbocycles. The molecule has 1 aromatic carbocycles. The number of carbonyl (C=O) groups is 1. The van der Waals surface area contributed by atoms with Gasteiger partial charge in [-0.3, -0.25) is 4.79 Å². The number of nitrogens with zero attached hydrogens (tertiary/aromatic N) is 3.